The third-order valence-electron chi connectivity index (χ3n) is 4.26. The number of carbonyl (C=O) groups excluding carboxylic acids is 1. The Hall–Kier alpha value is -2.73. The molecule has 0 saturated carbocycles. The smallest absolute Gasteiger partial charge is 0.232 e. The molecule has 1 aromatic heterocycles. The zero-order valence-electron chi connectivity index (χ0n) is 14.2. The molecule has 0 spiro atoms. The second kappa shape index (κ2) is 6.88. The van der Waals surface area contributed by atoms with Crippen LogP contribution in [-0.2, 0) is 11.2 Å². The molecule has 0 fully saturated rings. The highest BCUT2D eigenvalue weighted by molar-refractivity contribution is 7.12. The zero-order chi connectivity index (χ0) is 18.1. The molecule has 0 aliphatic carbocycles. The molecule has 2 heterocycles. The highest BCUT2D eigenvalue weighted by Gasteiger charge is 2.25. The van der Waals surface area contributed by atoms with Gasteiger partial charge in [0.2, 0.25) is 5.91 Å². The van der Waals surface area contributed by atoms with E-state index in [1.165, 1.54) is 23.5 Å². The number of amides is 1. The van der Waals surface area contributed by atoms with Crippen molar-refractivity contribution in [1.82, 2.24) is 4.98 Å². The Morgan fingerprint density at radius 3 is 2.81 bits per heavy atom. The van der Waals surface area contributed by atoms with Gasteiger partial charge in [0, 0.05) is 10.4 Å². The minimum atomic E-state index is -0.289. The first kappa shape index (κ1) is 16.7. The Morgan fingerprint density at radius 2 is 2.00 bits per heavy atom. The van der Waals surface area contributed by atoms with E-state index in [1.807, 2.05) is 31.2 Å². The number of anilines is 1. The number of ether oxygens (including phenoxy) is 1. The summed E-state index contributed by atoms with van der Waals surface area (Å²) < 4.78 is 18.8. The number of aryl methyl sites for hydroxylation is 1. The second-order valence-electron chi connectivity index (χ2n) is 6.05. The van der Waals surface area contributed by atoms with E-state index < -0.39 is 0 Å². The SMILES string of the molecule is Cc1nc(-c2ccc(F)cc2)c(CC(=O)N2CCOc3ccccc32)s1. The molecule has 1 aliphatic heterocycles. The summed E-state index contributed by atoms with van der Waals surface area (Å²) in [5.74, 6) is 0.447. The molecule has 0 unspecified atom stereocenters. The Morgan fingerprint density at radius 1 is 1.23 bits per heavy atom. The number of para-hydroxylation sites is 2. The number of hydrogen-bond acceptors (Lipinski definition) is 4. The molecule has 0 N–H and O–H groups in total. The highest BCUT2D eigenvalue weighted by Crippen LogP contribution is 2.33. The van der Waals surface area contributed by atoms with Gasteiger partial charge in [-0.25, -0.2) is 9.37 Å². The first-order valence-electron chi connectivity index (χ1n) is 8.36. The molecule has 132 valence electrons. The maximum Gasteiger partial charge on any atom is 0.232 e. The van der Waals surface area contributed by atoms with E-state index in [-0.39, 0.29) is 18.1 Å². The van der Waals surface area contributed by atoms with E-state index in [1.54, 1.807) is 17.0 Å². The fourth-order valence-corrected chi connectivity index (χ4v) is 4.03. The number of hydrogen-bond donors (Lipinski definition) is 0. The average Bonchev–Trinajstić information content (AvgIpc) is 3.02. The van der Waals surface area contributed by atoms with Crippen LogP contribution < -0.4 is 9.64 Å². The average molecular weight is 368 g/mol. The number of nitrogens with zero attached hydrogens (tertiary/aromatic N) is 2. The number of aromatic nitrogens is 1. The first-order valence-corrected chi connectivity index (χ1v) is 9.18. The van der Waals surface area contributed by atoms with Crippen molar-refractivity contribution in [3.63, 3.8) is 0 Å². The lowest BCUT2D eigenvalue weighted by Gasteiger charge is -2.29. The van der Waals surface area contributed by atoms with Crippen molar-refractivity contribution in [3.8, 4) is 17.0 Å². The molecule has 1 aliphatic rings. The van der Waals surface area contributed by atoms with Crippen LogP contribution in [0.2, 0.25) is 0 Å². The largest absolute Gasteiger partial charge is 0.490 e. The summed E-state index contributed by atoms with van der Waals surface area (Å²) in [4.78, 5) is 20.2. The summed E-state index contributed by atoms with van der Waals surface area (Å²) in [6, 6.07) is 13.8. The number of halogens is 1. The lowest BCUT2D eigenvalue weighted by molar-refractivity contribution is -0.118. The van der Waals surface area contributed by atoms with Gasteiger partial charge in [-0.05, 0) is 43.3 Å². The normalized spacial score (nSPS) is 13.2. The van der Waals surface area contributed by atoms with Crippen LogP contribution in [0.4, 0.5) is 10.1 Å². The van der Waals surface area contributed by atoms with Crippen molar-refractivity contribution >= 4 is 22.9 Å². The predicted molar refractivity (Wildman–Crippen MR) is 100 cm³/mol. The predicted octanol–water partition coefficient (Wildman–Crippen LogP) is 4.23. The fourth-order valence-electron chi connectivity index (χ4n) is 3.08. The van der Waals surface area contributed by atoms with Crippen LogP contribution >= 0.6 is 11.3 Å². The molecule has 0 bridgehead atoms. The molecule has 6 heteroatoms. The van der Waals surface area contributed by atoms with E-state index in [0.29, 0.717) is 13.2 Å². The van der Waals surface area contributed by atoms with Crippen molar-refractivity contribution in [3.05, 3.63) is 64.2 Å². The van der Waals surface area contributed by atoms with Crippen LogP contribution in [0.5, 0.6) is 5.75 Å². The van der Waals surface area contributed by atoms with Crippen molar-refractivity contribution in [1.29, 1.82) is 0 Å². The lowest BCUT2D eigenvalue weighted by Crippen LogP contribution is -2.38. The summed E-state index contributed by atoms with van der Waals surface area (Å²) >= 11 is 1.50. The van der Waals surface area contributed by atoms with Crippen LogP contribution in [0.15, 0.2) is 48.5 Å². The fraction of sp³-hybridized carbons (Fsp3) is 0.200. The molecule has 0 radical (unpaired) electrons. The lowest BCUT2D eigenvalue weighted by atomic mass is 10.1. The van der Waals surface area contributed by atoms with Crippen LogP contribution in [0, 0.1) is 12.7 Å². The van der Waals surface area contributed by atoms with E-state index in [0.717, 1.165) is 32.6 Å². The van der Waals surface area contributed by atoms with Crippen LogP contribution in [0.1, 0.15) is 9.88 Å². The molecular formula is C20H17FN2O2S. The summed E-state index contributed by atoms with van der Waals surface area (Å²) in [5, 5.41) is 0.884. The van der Waals surface area contributed by atoms with Crippen LogP contribution in [-0.4, -0.2) is 24.0 Å². The van der Waals surface area contributed by atoms with E-state index in [9.17, 15) is 9.18 Å². The first-order chi connectivity index (χ1) is 12.6. The van der Waals surface area contributed by atoms with Gasteiger partial charge in [-0.15, -0.1) is 11.3 Å². The van der Waals surface area contributed by atoms with Crippen LogP contribution in [0.3, 0.4) is 0 Å². The number of benzene rings is 2. The van der Waals surface area contributed by atoms with Gasteiger partial charge < -0.3 is 9.64 Å². The minimum absolute atomic E-state index is 0.00719. The summed E-state index contributed by atoms with van der Waals surface area (Å²) in [6.07, 6.45) is 0.256. The third-order valence-corrected chi connectivity index (χ3v) is 5.23. The van der Waals surface area contributed by atoms with Gasteiger partial charge in [0.1, 0.15) is 18.2 Å². The minimum Gasteiger partial charge on any atom is -0.490 e. The Kier molecular flexibility index (Phi) is 4.42. The monoisotopic (exact) mass is 368 g/mol. The maximum absolute atomic E-state index is 13.2. The maximum atomic E-state index is 13.2. The molecule has 3 aromatic rings. The molecule has 4 nitrogen and oxygen atoms in total. The number of thiazole rings is 1. The van der Waals surface area contributed by atoms with Gasteiger partial charge in [-0.2, -0.15) is 0 Å². The van der Waals surface area contributed by atoms with Gasteiger partial charge in [-0.1, -0.05) is 12.1 Å². The van der Waals surface area contributed by atoms with E-state index in [4.69, 9.17) is 4.74 Å². The molecule has 0 atom stereocenters. The highest BCUT2D eigenvalue weighted by atomic mass is 32.1. The van der Waals surface area contributed by atoms with E-state index >= 15 is 0 Å². The van der Waals surface area contributed by atoms with Crippen molar-refractivity contribution < 1.29 is 13.9 Å². The third kappa shape index (κ3) is 3.20. The summed E-state index contributed by atoms with van der Waals surface area (Å²) in [7, 11) is 0. The summed E-state index contributed by atoms with van der Waals surface area (Å²) in [6.45, 7) is 2.92. The van der Waals surface area contributed by atoms with Crippen LogP contribution in [0.25, 0.3) is 11.3 Å². The van der Waals surface area contributed by atoms with Gasteiger partial charge in [-0.3, -0.25) is 4.79 Å². The molecule has 0 saturated heterocycles. The van der Waals surface area contributed by atoms with Gasteiger partial charge in [0.25, 0.3) is 0 Å². The molecule has 1 amide bonds. The number of fused-ring (bicyclic) bond motifs is 1. The number of carbonyl (C=O) groups is 1. The molecule has 26 heavy (non-hydrogen) atoms. The Bertz CT molecular complexity index is 953. The standard InChI is InChI=1S/C20H17FN2O2S/c1-13-22-20(14-6-8-15(21)9-7-14)18(26-13)12-19(24)23-10-11-25-17-5-3-2-4-16(17)23/h2-9H,10-12H2,1H3. The molecular weight excluding hydrogens is 351 g/mol. The summed E-state index contributed by atoms with van der Waals surface area (Å²) in [5.41, 5.74) is 2.37. The molecule has 2 aromatic carbocycles. The second-order valence-corrected chi connectivity index (χ2v) is 7.34. The topological polar surface area (TPSA) is 42.4 Å². The van der Waals surface area contributed by atoms with Gasteiger partial charge in [0.15, 0.2) is 0 Å². The van der Waals surface area contributed by atoms with E-state index in [2.05, 4.69) is 4.98 Å². The quantitative estimate of drug-likeness (QED) is 0.695. The van der Waals surface area contributed by atoms with Gasteiger partial charge in [0.05, 0.1) is 29.4 Å². The Labute approximate surface area is 154 Å². The number of rotatable bonds is 3. The molecule has 4 rings (SSSR count). The van der Waals surface area contributed by atoms with Crippen molar-refractivity contribution in [2.75, 3.05) is 18.1 Å². The van der Waals surface area contributed by atoms with Gasteiger partial charge >= 0.3 is 0 Å². The van der Waals surface area contributed by atoms with Crippen molar-refractivity contribution in [2.45, 2.75) is 13.3 Å². The van der Waals surface area contributed by atoms with Crippen molar-refractivity contribution in [2.24, 2.45) is 0 Å². The zero-order valence-corrected chi connectivity index (χ0v) is 15.1. The Balaban J connectivity index is 1.62.